The van der Waals surface area contributed by atoms with Crippen LogP contribution in [0.1, 0.15) is 10.4 Å². The number of amides is 2. The third-order valence-corrected chi connectivity index (χ3v) is 4.18. The minimum Gasteiger partial charge on any atom is -0.320 e. The lowest BCUT2D eigenvalue weighted by Crippen LogP contribution is -3.11. The first kappa shape index (κ1) is 16.0. The van der Waals surface area contributed by atoms with E-state index in [1.54, 1.807) is 35.5 Å². The molecule has 2 heterocycles. The number of para-hydroxylation sites is 1. The Morgan fingerprint density at radius 1 is 1.00 bits per heavy atom. The second-order valence-electron chi connectivity index (χ2n) is 5.99. The van der Waals surface area contributed by atoms with Gasteiger partial charge in [0.15, 0.2) is 12.4 Å². The van der Waals surface area contributed by atoms with E-state index in [9.17, 15) is 9.59 Å². The maximum atomic E-state index is 12.6. The van der Waals surface area contributed by atoms with E-state index >= 15 is 0 Å². The molecule has 0 radical (unpaired) electrons. The number of rotatable bonds is 3. The minimum absolute atomic E-state index is 0.0796. The van der Waals surface area contributed by atoms with E-state index < -0.39 is 0 Å². The van der Waals surface area contributed by atoms with Gasteiger partial charge in [0.1, 0.15) is 6.20 Å². The second kappa shape index (κ2) is 6.78. The highest BCUT2D eigenvalue weighted by molar-refractivity contribution is 6.07. The van der Waals surface area contributed by atoms with Crippen LogP contribution in [-0.4, -0.2) is 29.2 Å². The molecule has 2 aromatic carbocycles. The molecule has 0 bridgehead atoms. The van der Waals surface area contributed by atoms with Crippen molar-refractivity contribution >= 4 is 23.3 Å². The second-order valence-corrected chi connectivity index (χ2v) is 5.99. The number of hydrogen-bond donors (Lipinski definition) is 2. The molecule has 26 heavy (non-hydrogen) atoms. The number of amidine groups is 1. The lowest BCUT2D eigenvalue weighted by molar-refractivity contribution is -0.755. The van der Waals surface area contributed by atoms with Gasteiger partial charge in [-0.25, -0.2) is 4.90 Å². The first-order chi connectivity index (χ1) is 12.7. The summed E-state index contributed by atoms with van der Waals surface area (Å²) in [5.74, 6) is 0.379. The summed E-state index contributed by atoms with van der Waals surface area (Å²) in [7, 11) is 0. The largest absolute Gasteiger partial charge is 0.320 e. The first-order valence-corrected chi connectivity index (χ1v) is 8.28. The SMILES string of the molecule is O=C(Nc1ccccc1)C1=C[NH+]2CN(C(=O)c3ccccc3)C=CC2=N1. The number of hydrogen-bond acceptors (Lipinski definition) is 3. The van der Waals surface area contributed by atoms with E-state index in [-0.39, 0.29) is 11.8 Å². The van der Waals surface area contributed by atoms with Gasteiger partial charge in [0.2, 0.25) is 5.84 Å². The van der Waals surface area contributed by atoms with E-state index in [0.29, 0.717) is 17.9 Å². The number of benzene rings is 2. The summed E-state index contributed by atoms with van der Waals surface area (Å²) in [5, 5.41) is 2.82. The zero-order valence-electron chi connectivity index (χ0n) is 13.9. The van der Waals surface area contributed by atoms with Gasteiger partial charge in [-0.3, -0.25) is 14.5 Å². The highest BCUT2D eigenvalue weighted by Crippen LogP contribution is 2.11. The Balaban J connectivity index is 1.47. The maximum absolute atomic E-state index is 12.6. The lowest BCUT2D eigenvalue weighted by Gasteiger charge is -2.24. The van der Waals surface area contributed by atoms with Crippen molar-refractivity contribution in [2.45, 2.75) is 0 Å². The molecule has 0 aromatic heterocycles. The third kappa shape index (κ3) is 3.18. The van der Waals surface area contributed by atoms with E-state index in [2.05, 4.69) is 10.3 Å². The Labute approximate surface area is 150 Å². The van der Waals surface area contributed by atoms with Gasteiger partial charge in [0.25, 0.3) is 11.8 Å². The average Bonchev–Trinajstić information content (AvgIpc) is 3.12. The van der Waals surface area contributed by atoms with Gasteiger partial charge in [0.05, 0.1) is 0 Å². The number of carbonyl (C=O) groups is 2. The van der Waals surface area contributed by atoms with Crippen LogP contribution in [0.2, 0.25) is 0 Å². The molecule has 0 saturated carbocycles. The van der Waals surface area contributed by atoms with Crippen LogP contribution in [0, 0.1) is 0 Å². The van der Waals surface area contributed by atoms with Crippen molar-refractivity contribution in [3.05, 3.63) is 90.4 Å². The number of nitrogens with zero attached hydrogens (tertiary/aromatic N) is 2. The summed E-state index contributed by atoms with van der Waals surface area (Å²) in [5.41, 5.74) is 1.69. The van der Waals surface area contributed by atoms with Crippen molar-refractivity contribution in [2.75, 3.05) is 12.0 Å². The first-order valence-electron chi connectivity index (χ1n) is 8.28. The van der Waals surface area contributed by atoms with Crippen molar-refractivity contribution in [3.63, 3.8) is 0 Å². The Bertz CT molecular complexity index is 933. The van der Waals surface area contributed by atoms with Crippen LogP contribution < -0.4 is 10.2 Å². The van der Waals surface area contributed by atoms with Gasteiger partial charge in [0, 0.05) is 23.5 Å². The fourth-order valence-corrected chi connectivity index (χ4v) is 2.86. The Morgan fingerprint density at radius 2 is 1.69 bits per heavy atom. The van der Waals surface area contributed by atoms with E-state index in [1.807, 2.05) is 48.5 Å². The molecule has 6 heteroatoms. The monoisotopic (exact) mass is 345 g/mol. The zero-order valence-corrected chi connectivity index (χ0v) is 13.9. The normalized spacial score (nSPS) is 18.0. The third-order valence-electron chi connectivity index (χ3n) is 4.18. The standard InChI is InChI=1S/C20H16N4O2/c25-19(21-16-9-5-2-6-10-16)17-13-24-14-23(12-11-18(24)22-17)20(26)15-7-3-1-4-8-15/h1-13H,14H2,(H,21,25)/p+1. The molecule has 0 aliphatic carbocycles. The Hall–Kier alpha value is -3.51. The zero-order chi connectivity index (χ0) is 17.9. The molecule has 128 valence electrons. The van der Waals surface area contributed by atoms with E-state index in [0.717, 1.165) is 16.4 Å². The van der Waals surface area contributed by atoms with Gasteiger partial charge in [-0.05, 0) is 24.3 Å². The molecular weight excluding hydrogens is 328 g/mol. The van der Waals surface area contributed by atoms with Crippen molar-refractivity contribution in [1.29, 1.82) is 0 Å². The van der Waals surface area contributed by atoms with Gasteiger partial charge in [-0.1, -0.05) is 36.4 Å². The molecule has 0 spiro atoms. The summed E-state index contributed by atoms with van der Waals surface area (Å²) in [6, 6.07) is 18.4. The summed E-state index contributed by atoms with van der Waals surface area (Å²) in [4.78, 5) is 31.8. The summed E-state index contributed by atoms with van der Waals surface area (Å²) >= 11 is 0. The van der Waals surface area contributed by atoms with Crippen LogP contribution in [0.5, 0.6) is 0 Å². The molecule has 1 atom stereocenters. The number of carbonyl (C=O) groups excluding carboxylic acids is 2. The Morgan fingerprint density at radius 3 is 2.42 bits per heavy atom. The van der Waals surface area contributed by atoms with Crippen LogP contribution >= 0.6 is 0 Å². The molecule has 0 fully saturated rings. The predicted molar refractivity (Wildman–Crippen MR) is 98.2 cm³/mol. The lowest BCUT2D eigenvalue weighted by atomic mass is 10.2. The van der Waals surface area contributed by atoms with Crippen LogP contribution in [0.25, 0.3) is 0 Å². The van der Waals surface area contributed by atoms with Crippen molar-refractivity contribution in [1.82, 2.24) is 4.90 Å². The van der Waals surface area contributed by atoms with Gasteiger partial charge in [-0.15, -0.1) is 0 Å². The molecule has 6 nitrogen and oxygen atoms in total. The molecule has 2 aliphatic rings. The van der Waals surface area contributed by atoms with Crippen LogP contribution in [-0.2, 0) is 4.79 Å². The molecule has 2 N–H and O–H groups in total. The van der Waals surface area contributed by atoms with Gasteiger partial charge in [-0.2, -0.15) is 4.99 Å². The smallest absolute Gasteiger partial charge is 0.280 e. The number of quaternary nitrogens is 1. The van der Waals surface area contributed by atoms with Crippen LogP contribution in [0.15, 0.2) is 89.8 Å². The fourth-order valence-electron chi connectivity index (χ4n) is 2.86. The van der Waals surface area contributed by atoms with E-state index in [1.165, 1.54) is 0 Å². The number of nitrogens with one attached hydrogen (secondary N) is 2. The van der Waals surface area contributed by atoms with Crippen molar-refractivity contribution in [3.8, 4) is 0 Å². The van der Waals surface area contributed by atoms with Crippen molar-refractivity contribution in [2.24, 2.45) is 4.99 Å². The topological polar surface area (TPSA) is 66.2 Å². The molecule has 2 aromatic rings. The Kier molecular flexibility index (Phi) is 4.17. The molecule has 2 aliphatic heterocycles. The van der Waals surface area contributed by atoms with Gasteiger partial charge >= 0.3 is 0 Å². The molecule has 0 saturated heterocycles. The van der Waals surface area contributed by atoms with Crippen molar-refractivity contribution < 1.29 is 14.5 Å². The van der Waals surface area contributed by atoms with Crippen LogP contribution in [0.3, 0.4) is 0 Å². The molecule has 1 unspecified atom stereocenters. The maximum Gasteiger partial charge on any atom is 0.280 e. The average molecular weight is 345 g/mol. The molecule has 4 rings (SSSR count). The summed E-state index contributed by atoms with van der Waals surface area (Å²) in [6.07, 6.45) is 5.21. The van der Waals surface area contributed by atoms with Crippen LogP contribution in [0.4, 0.5) is 5.69 Å². The molecular formula is C20H17N4O2+. The number of fused-ring (bicyclic) bond motifs is 1. The molecule has 2 amide bonds. The highest BCUT2D eigenvalue weighted by atomic mass is 16.2. The minimum atomic E-state index is -0.264. The predicted octanol–water partition coefficient (Wildman–Crippen LogP) is 1.39. The number of anilines is 1. The summed E-state index contributed by atoms with van der Waals surface area (Å²) < 4.78 is 0. The van der Waals surface area contributed by atoms with E-state index in [4.69, 9.17) is 0 Å². The number of aliphatic imine (C=N–C) groups is 1. The summed E-state index contributed by atoms with van der Waals surface area (Å²) in [6.45, 7) is 0.394. The van der Waals surface area contributed by atoms with Gasteiger partial charge < -0.3 is 5.32 Å². The fraction of sp³-hybridized carbons (Fsp3) is 0.0500. The highest BCUT2D eigenvalue weighted by Gasteiger charge is 2.32. The quantitative estimate of drug-likeness (QED) is 0.883.